The van der Waals surface area contributed by atoms with E-state index in [1.807, 2.05) is 26.1 Å². The maximum absolute atomic E-state index is 14.6. The molecule has 2 fully saturated rings. The molecule has 5 nitrogen and oxygen atoms in total. The monoisotopic (exact) mass is 444 g/mol. The van der Waals surface area contributed by atoms with Crippen LogP contribution in [0.3, 0.4) is 0 Å². The maximum atomic E-state index is 14.6. The molecule has 3 unspecified atom stereocenters. The number of piperidine rings is 1. The molecule has 172 valence electrons. The number of nitrogens with one attached hydrogen (secondary N) is 1. The van der Waals surface area contributed by atoms with Crippen molar-refractivity contribution in [1.29, 1.82) is 0 Å². The Hall–Kier alpha value is -2.32. The summed E-state index contributed by atoms with van der Waals surface area (Å²) in [4.78, 5) is 25.4. The summed E-state index contributed by atoms with van der Waals surface area (Å²) >= 11 is 0. The van der Waals surface area contributed by atoms with Gasteiger partial charge in [-0.05, 0) is 75.5 Å². The molecule has 0 radical (unpaired) electrons. The molecule has 1 aromatic carbocycles. The first-order chi connectivity index (χ1) is 14.3. The van der Waals surface area contributed by atoms with Crippen molar-refractivity contribution < 1.29 is 31.9 Å². The molecule has 3 rings (SSSR count). The SMILES string of the molecule is CC(C)(C)OC(=O)N1CCCC2CC(c3cc(CNC(=O)C(F)(F)F)ccc3F)CC21. The highest BCUT2D eigenvalue weighted by Gasteiger charge is 2.44. The van der Waals surface area contributed by atoms with Crippen LogP contribution in [0.25, 0.3) is 0 Å². The summed E-state index contributed by atoms with van der Waals surface area (Å²) in [7, 11) is 0. The zero-order valence-corrected chi connectivity index (χ0v) is 17.9. The zero-order chi connectivity index (χ0) is 23.0. The highest BCUT2D eigenvalue weighted by molar-refractivity contribution is 5.81. The summed E-state index contributed by atoms with van der Waals surface area (Å²) < 4.78 is 57.3. The van der Waals surface area contributed by atoms with Gasteiger partial charge in [0.1, 0.15) is 11.4 Å². The Bertz CT molecular complexity index is 835. The summed E-state index contributed by atoms with van der Waals surface area (Å²) in [6.07, 6.45) is -2.29. The lowest BCUT2D eigenvalue weighted by Gasteiger charge is -2.38. The van der Waals surface area contributed by atoms with Crippen molar-refractivity contribution in [2.24, 2.45) is 5.92 Å². The number of carbonyl (C=O) groups excluding carboxylic acids is 2. The molecular weight excluding hydrogens is 416 g/mol. The minimum atomic E-state index is -4.96. The van der Waals surface area contributed by atoms with Crippen molar-refractivity contribution >= 4 is 12.0 Å². The predicted octanol–water partition coefficient (Wildman–Crippen LogP) is 4.90. The number of hydrogen-bond donors (Lipinski definition) is 1. The number of fused-ring (bicyclic) bond motifs is 1. The van der Waals surface area contributed by atoms with Crippen molar-refractivity contribution in [3.8, 4) is 0 Å². The molecule has 2 amide bonds. The normalized spacial score (nSPS) is 24.0. The highest BCUT2D eigenvalue weighted by atomic mass is 19.4. The van der Waals surface area contributed by atoms with Crippen LogP contribution in [0.15, 0.2) is 18.2 Å². The van der Waals surface area contributed by atoms with Gasteiger partial charge in [0.15, 0.2) is 0 Å². The highest BCUT2D eigenvalue weighted by Crippen LogP contribution is 2.46. The fraction of sp³-hybridized carbons (Fsp3) is 0.636. The number of amides is 2. The molecule has 0 bridgehead atoms. The Morgan fingerprint density at radius 3 is 2.55 bits per heavy atom. The summed E-state index contributed by atoms with van der Waals surface area (Å²) in [5.74, 6) is -2.40. The molecule has 1 saturated heterocycles. The van der Waals surface area contributed by atoms with Gasteiger partial charge in [-0.3, -0.25) is 4.79 Å². The number of halogens is 4. The molecule has 1 aromatic rings. The Morgan fingerprint density at radius 1 is 1.19 bits per heavy atom. The van der Waals surface area contributed by atoms with Crippen LogP contribution in [0.4, 0.5) is 22.4 Å². The smallest absolute Gasteiger partial charge is 0.444 e. The maximum Gasteiger partial charge on any atom is 0.471 e. The summed E-state index contributed by atoms with van der Waals surface area (Å²) in [5, 5.41) is 1.81. The van der Waals surface area contributed by atoms with Gasteiger partial charge < -0.3 is 15.0 Å². The molecule has 1 N–H and O–H groups in total. The fourth-order valence-corrected chi connectivity index (χ4v) is 4.58. The molecule has 3 atom stereocenters. The predicted molar refractivity (Wildman–Crippen MR) is 106 cm³/mol. The Morgan fingerprint density at radius 2 is 1.90 bits per heavy atom. The number of hydrogen-bond acceptors (Lipinski definition) is 3. The molecule has 0 aromatic heterocycles. The van der Waals surface area contributed by atoms with Crippen LogP contribution in [0.5, 0.6) is 0 Å². The van der Waals surface area contributed by atoms with E-state index in [0.29, 0.717) is 30.5 Å². The van der Waals surface area contributed by atoms with Gasteiger partial charge in [0, 0.05) is 19.1 Å². The fourth-order valence-electron chi connectivity index (χ4n) is 4.58. The lowest BCUT2D eigenvalue weighted by Crippen LogP contribution is -2.48. The molecule has 1 saturated carbocycles. The third kappa shape index (κ3) is 5.68. The minimum Gasteiger partial charge on any atom is -0.444 e. The van der Waals surface area contributed by atoms with Crippen molar-refractivity contribution in [2.45, 2.75) is 76.7 Å². The number of ether oxygens (including phenoxy) is 1. The second-order valence-electron chi connectivity index (χ2n) is 9.35. The standard InChI is InChI=1S/C22H28F4N2O3/c1-21(2,3)31-20(30)28-8-4-5-14-10-15(11-18(14)28)16-9-13(6-7-17(16)23)12-27-19(29)22(24,25)26/h6-7,9,14-15,18H,4-5,8,10-12H2,1-3H3,(H,27,29). The van der Waals surface area contributed by atoms with Gasteiger partial charge in [-0.25, -0.2) is 9.18 Å². The number of alkyl halides is 3. The van der Waals surface area contributed by atoms with E-state index in [9.17, 15) is 27.2 Å². The zero-order valence-electron chi connectivity index (χ0n) is 17.9. The lowest BCUT2D eigenvalue weighted by atomic mass is 9.91. The number of likely N-dealkylation sites (tertiary alicyclic amines) is 1. The number of nitrogens with zero attached hydrogens (tertiary/aromatic N) is 1. The van der Waals surface area contributed by atoms with Crippen molar-refractivity contribution in [3.63, 3.8) is 0 Å². The van der Waals surface area contributed by atoms with Crippen LogP contribution in [-0.4, -0.2) is 41.3 Å². The quantitative estimate of drug-likeness (QED) is 0.675. The lowest BCUT2D eigenvalue weighted by molar-refractivity contribution is -0.173. The van der Waals surface area contributed by atoms with E-state index < -0.39 is 23.5 Å². The van der Waals surface area contributed by atoms with Crippen molar-refractivity contribution in [3.05, 3.63) is 35.1 Å². The third-order valence-corrected chi connectivity index (χ3v) is 5.87. The Labute approximate surface area is 179 Å². The molecular formula is C22H28F4N2O3. The molecule has 1 aliphatic carbocycles. The molecule has 31 heavy (non-hydrogen) atoms. The van der Waals surface area contributed by atoms with Crippen LogP contribution < -0.4 is 5.32 Å². The van der Waals surface area contributed by atoms with E-state index in [2.05, 4.69) is 0 Å². The van der Waals surface area contributed by atoms with Gasteiger partial charge in [0.2, 0.25) is 0 Å². The number of benzene rings is 1. The van der Waals surface area contributed by atoms with Gasteiger partial charge >= 0.3 is 18.2 Å². The van der Waals surface area contributed by atoms with Gasteiger partial charge in [0.25, 0.3) is 0 Å². The average Bonchev–Trinajstić information content (AvgIpc) is 3.08. The van der Waals surface area contributed by atoms with Gasteiger partial charge in [-0.1, -0.05) is 12.1 Å². The Kier molecular flexibility index (Phi) is 6.53. The van der Waals surface area contributed by atoms with E-state index in [1.54, 1.807) is 4.90 Å². The summed E-state index contributed by atoms with van der Waals surface area (Å²) in [6.45, 7) is 5.68. The van der Waals surface area contributed by atoms with E-state index in [0.717, 1.165) is 12.8 Å². The average molecular weight is 444 g/mol. The molecule has 0 spiro atoms. The third-order valence-electron chi connectivity index (χ3n) is 5.87. The Balaban J connectivity index is 1.72. The van der Waals surface area contributed by atoms with E-state index in [-0.39, 0.29) is 30.5 Å². The van der Waals surface area contributed by atoms with Gasteiger partial charge in [-0.2, -0.15) is 13.2 Å². The van der Waals surface area contributed by atoms with Crippen molar-refractivity contribution in [2.75, 3.05) is 6.54 Å². The topological polar surface area (TPSA) is 58.6 Å². The first-order valence-electron chi connectivity index (χ1n) is 10.5. The first kappa shape index (κ1) is 23.3. The van der Waals surface area contributed by atoms with Gasteiger partial charge in [-0.15, -0.1) is 0 Å². The second-order valence-corrected chi connectivity index (χ2v) is 9.35. The van der Waals surface area contributed by atoms with Crippen LogP contribution in [0.1, 0.15) is 63.5 Å². The van der Waals surface area contributed by atoms with Gasteiger partial charge in [0.05, 0.1) is 0 Å². The molecule has 1 aliphatic heterocycles. The number of rotatable bonds is 3. The molecule has 9 heteroatoms. The van der Waals surface area contributed by atoms with E-state index >= 15 is 0 Å². The van der Waals surface area contributed by atoms with Crippen LogP contribution in [-0.2, 0) is 16.1 Å². The van der Waals surface area contributed by atoms with Crippen LogP contribution >= 0.6 is 0 Å². The summed E-state index contributed by atoms with van der Waals surface area (Å²) in [5.41, 5.74) is 0.203. The molecule has 1 heterocycles. The molecule has 2 aliphatic rings. The first-order valence-corrected chi connectivity index (χ1v) is 10.5. The van der Waals surface area contributed by atoms with Crippen LogP contribution in [0.2, 0.25) is 0 Å². The second kappa shape index (κ2) is 8.67. The summed E-state index contributed by atoms with van der Waals surface area (Å²) in [6, 6.07) is 4.05. The largest absolute Gasteiger partial charge is 0.471 e. The van der Waals surface area contributed by atoms with Crippen molar-refractivity contribution in [1.82, 2.24) is 10.2 Å². The van der Waals surface area contributed by atoms with E-state index in [4.69, 9.17) is 4.74 Å². The van der Waals surface area contributed by atoms with Crippen LogP contribution in [0, 0.1) is 11.7 Å². The minimum absolute atomic E-state index is 0.0541. The van der Waals surface area contributed by atoms with E-state index in [1.165, 1.54) is 18.2 Å². The number of carbonyl (C=O) groups is 2.